The fourth-order valence-corrected chi connectivity index (χ4v) is 9.28. The number of fused-ring (bicyclic) bond motifs is 3. The van der Waals surface area contributed by atoms with E-state index in [1.54, 1.807) is 6.07 Å². The maximum atomic E-state index is 17.0. The Kier molecular flexibility index (Phi) is 9.51. The van der Waals surface area contributed by atoms with E-state index in [2.05, 4.69) is 44.4 Å². The van der Waals surface area contributed by atoms with Crippen LogP contribution in [0, 0.1) is 23.0 Å². The Morgan fingerprint density at radius 3 is 2.58 bits per heavy atom. The molecule has 4 aliphatic heterocycles. The molecular weight excluding hydrogens is 714 g/mol. The van der Waals surface area contributed by atoms with Crippen LogP contribution in [0.3, 0.4) is 0 Å². The van der Waals surface area contributed by atoms with Crippen LogP contribution in [0.1, 0.15) is 31.2 Å². The number of nitrogens with zero attached hydrogens (tertiary/aromatic N) is 6. The second-order valence-corrected chi connectivity index (χ2v) is 15.2. The SMILES string of the molecule is CN1CC2(C1)CN(c1nc(OCC34CCCN3CCC4)nc3c(F)c(-c4ccc(F)c5sc(N)c(C#N)c45)c(Cl)cc13)CCO2.O=CC(F)Cl. The standard InChI is InChI=1S/C32H32ClF2N7O2S.C2H2ClFO/c1-40-14-32(15-40)16-41(10-11-44-32)29-19-12-21(33)24(18-4-5-22(34)27-23(18)20(13-36)28(37)45-27)25(35)26(19)38-30(39-29)43-17-31-6-2-8-42(31)9-3-7-31;3-2(4)1-5/h4-5,12H,2-3,6-11,14-17,37H2,1H3;1-2H. The number of aromatic nitrogens is 2. The number of alkyl halides is 2. The number of carbonyl (C=O) groups is 1. The van der Waals surface area contributed by atoms with Gasteiger partial charge in [-0.05, 0) is 63.5 Å². The number of benzene rings is 2. The minimum atomic E-state index is -1.82. The number of halogens is 5. The summed E-state index contributed by atoms with van der Waals surface area (Å²) in [6, 6.07) is 6.50. The topological polar surface area (TPSA) is 121 Å². The van der Waals surface area contributed by atoms with Crippen LogP contribution in [-0.4, -0.2) is 102 Å². The van der Waals surface area contributed by atoms with Crippen LogP contribution in [0.15, 0.2) is 18.2 Å². The average Bonchev–Trinajstić information content (AvgIpc) is 3.77. The number of carbonyl (C=O) groups excluding carboxylic acids is 1. The predicted molar refractivity (Wildman–Crippen MR) is 188 cm³/mol. The molecule has 1 unspecified atom stereocenters. The summed E-state index contributed by atoms with van der Waals surface area (Å²) in [5.41, 5.74) is 4.32. The van der Waals surface area contributed by atoms with E-state index < -0.39 is 17.3 Å². The van der Waals surface area contributed by atoms with Gasteiger partial charge in [-0.2, -0.15) is 15.2 Å². The molecule has 0 aliphatic carbocycles. The number of thiophene rings is 1. The minimum absolute atomic E-state index is 0.0154. The van der Waals surface area contributed by atoms with Gasteiger partial charge in [-0.15, -0.1) is 11.3 Å². The van der Waals surface area contributed by atoms with Crippen molar-refractivity contribution >= 4 is 72.6 Å². The molecule has 2 aromatic carbocycles. The number of morpholine rings is 1. The highest BCUT2D eigenvalue weighted by molar-refractivity contribution is 7.23. The first-order chi connectivity index (χ1) is 24.0. The molecule has 264 valence electrons. The van der Waals surface area contributed by atoms with Crippen molar-refractivity contribution in [3.63, 3.8) is 0 Å². The molecule has 16 heteroatoms. The van der Waals surface area contributed by atoms with Gasteiger partial charge >= 0.3 is 6.01 Å². The second kappa shape index (κ2) is 13.6. The Bertz CT molecular complexity index is 2000. The quantitative estimate of drug-likeness (QED) is 0.182. The lowest BCUT2D eigenvalue weighted by atomic mass is 9.92. The summed E-state index contributed by atoms with van der Waals surface area (Å²) in [6.07, 6.45) is 4.36. The van der Waals surface area contributed by atoms with Gasteiger partial charge in [-0.1, -0.05) is 29.3 Å². The van der Waals surface area contributed by atoms with Gasteiger partial charge in [0.05, 0.1) is 34.0 Å². The number of hydrogen-bond acceptors (Lipinski definition) is 11. The molecule has 0 saturated carbocycles. The molecule has 2 N–H and O–H groups in total. The van der Waals surface area contributed by atoms with Crippen LogP contribution in [0.4, 0.5) is 24.0 Å². The number of nitrogens with two attached hydrogens (primary N) is 1. The van der Waals surface area contributed by atoms with Crippen molar-refractivity contribution < 1.29 is 27.4 Å². The van der Waals surface area contributed by atoms with Crippen LogP contribution >= 0.6 is 34.5 Å². The molecule has 2 aromatic heterocycles. The monoisotopic (exact) mass is 747 g/mol. The van der Waals surface area contributed by atoms with E-state index in [9.17, 15) is 14.0 Å². The number of likely N-dealkylation sites (N-methyl/N-ethyl adjacent to an activating group) is 1. The van der Waals surface area contributed by atoms with Crippen molar-refractivity contribution in [3.8, 4) is 23.2 Å². The van der Waals surface area contributed by atoms with Gasteiger partial charge in [0.2, 0.25) is 5.63 Å². The average molecular weight is 749 g/mol. The zero-order valence-electron chi connectivity index (χ0n) is 27.2. The van der Waals surface area contributed by atoms with E-state index in [4.69, 9.17) is 36.6 Å². The molecule has 8 rings (SSSR count). The highest BCUT2D eigenvalue weighted by atomic mass is 35.5. The highest BCUT2D eigenvalue weighted by Crippen LogP contribution is 2.46. The Morgan fingerprint density at radius 2 is 1.92 bits per heavy atom. The van der Waals surface area contributed by atoms with Crippen LogP contribution in [-0.2, 0) is 9.53 Å². The molecule has 4 saturated heterocycles. The first-order valence-corrected chi connectivity index (χ1v) is 17.9. The van der Waals surface area contributed by atoms with Crippen molar-refractivity contribution in [2.45, 2.75) is 42.5 Å². The smallest absolute Gasteiger partial charge is 0.319 e. The van der Waals surface area contributed by atoms with Crippen molar-refractivity contribution in [1.82, 2.24) is 19.8 Å². The van der Waals surface area contributed by atoms with Crippen LogP contribution in [0.25, 0.3) is 32.1 Å². The number of anilines is 2. The summed E-state index contributed by atoms with van der Waals surface area (Å²) >= 11 is 12.3. The van der Waals surface area contributed by atoms with E-state index in [-0.39, 0.29) is 65.8 Å². The molecule has 4 fully saturated rings. The molecule has 4 aliphatic rings. The van der Waals surface area contributed by atoms with E-state index in [1.165, 1.54) is 12.1 Å². The number of ether oxygens (including phenoxy) is 2. The molecule has 10 nitrogen and oxygen atoms in total. The van der Waals surface area contributed by atoms with Gasteiger partial charge in [0, 0.05) is 36.0 Å². The van der Waals surface area contributed by atoms with Gasteiger partial charge in [-0.25, -0.2) is 13.2 Å². The zero-order valence-corrected chi connectivity index (χ0v) is 29.5. The largest absolute Gasteiger partial charge is 0.461 e. The number of aldehydes is 1. The molecule has 4 aromatic rings. The summed E-state index contributed by atoms with van der Waals surface area (Å²) in [6.45, 7) is 5.77. The molecule has 0 amide bonds. The Labute approximate surface area is 300 Å². The second-order valence-electron chi connectivity index (χ2n) is 13.3. The lowest BCUT2D eigenvalue weighted by molar-refractivity contribution is -0.141. The first kappa shape index (κ1) is 35.0. The number of nitriles is 1. The minimum Gasteiger partial charge on any atom is -0.461 e. The third kappa shape index (κ3) is 6.11. The zero-order chi connectivity index (χ0) is 35.4. The summed E-state index contributed by atoms with van der Waals surface area (Å²) in [5.74, 6) is -0.700. The number of likely N-dealkylation sites (tertiary alicyclic amines) is 1. The van der Waals surface area contributed by atoms with E-state index in [1.807, 2.05) is 0 Å². The predicted octanol–water partition coefficient (Wildman–Crippen LogP) is 6.14. The molecule has 50 heavy (non-hydrogen) atoms. The van der Waals surface area contributed by atoms with Crippen LogP contribution in [0.2, 0.25) is 5.02 Å². The van der Waals surface area contributed by atoms with Gasteiger partial charge in [0.25, 0.3) is 0 Å². The van der Waals surface area contributed by atoms with Gasteiger partial charge in [-0.3, -0.25) is 9.69 Å². The van der Waals surface area contributed by atoms with Gasteiger partial charge in [0.1, 0.15) is 40.4 Å². The maximum absolute atomic E-state index is 17.0. The molecule has 1 atom stereocenters. The maximum Gasteiger partial charge on any atom is 0.319 e. The van der Waals surface area contributed by atoms with Crippen molar-refractivity contribution in [2.24, 2.45) is 0 Å². The fourth-order valence-electron chi connectivity index (χ4n) is 8.04. The molecular formula is C34H34Cl2F3N7O3S. The normalized spacial score (nSPS) is 20.3. The Morgan fingerprint density at radius 1 is 1.20 bits per heavy atom. The highest BCUT2D eigenvalue weighted by Gasteiger charge is 2.47. The Balaban J connectivity index is 0.000000734. The summed E-state index contributed by atoms with van der Waals surface area (Å²) in [5, 5.41) is 10.8. The van der Waals surface area contributed by atoms with E-state index >= 15 is 4.39 Å². The summed E-state index contributed by atoms with van der Waals surface area (Å²) < 4.78 is 55.4. The van der Waals surface area contributed by atoms with E-state index in [0.717, 1.165) is 63.2 Å². The van der Waals surface area contributed by atoms with Crippen molar-refractivity contribution in [3.05, 3.63) is 40.4 Å². The number of hydrogen-bond donors (Lipinski definition) is 1. The van der Waals surface area contributed by atoms with Crippen LogP contribution < -0.4 is 15.4 Å². The number of rotatable bonds is 6. The molecule has 0 radical (unpaired) electrons. The fraction of sp³-hybridized carbons (Fsp3) is 0.471. The first-order valence-electron chi connectivity index (χ1n) is 16.3. The van der Waals surface area contributed by atoms with Crippen LogP contribution in [0.5, 0.6) is 6.01 Å². The molecule has 0 bridgehead atoms. The van der Waals surface area contributed by atoms with Crippen molar-refractivity contribution in [1.29, 1.82) is 5.26 Å². The third-order valence-electron chi connectivity index (χ3n) is 10.1. The number of nitrogen functional groups attached to an aromatic ring is 1. The third-order valence-corrected chi connectivity index (χ3v) is 11.5. The van der Waals surface area contributed by atoms with Gasteiger partial charge in [0.15, 0.2) is 12.1 Å². The molecule has 1 spiro atoms. The lowest BCUT2D eigenvalue weighted by Crippen LogP contribution is -2.69. The summed E-state index contributed by atoms with van der Waals surface area (Å²) in [7, 11) is 2.05. The lowest BCUT2D eigenvalue weighted by Gasteiger charge is -2.53. The summed E-state index contributed by atoms with van der Waals surface area (Å²) in [4.78, 5) is 25.3. The molecule has 6 heterocycles. The van der Waals surface area contributed by atoms with Crippen molar-refractivity contribution in [2.75, 3.05) is 70.2 Å². The van der Waals surface area contributed by atoms with Gasteiger partial charge < -0.3 is 25.0 Å². The Hall–Kier alpha value is -3.45. The van der Waals surface area contributed by atoms with E-state index in [0.29, 0.717) is 37.5 Å².